The molecule has 0 radical (unpaired) electrons. The summed E-state index contributed by atoms with van der Waals surface area (Å²) < 4.78 is 67.7. The van der Waals surface area contributed by atoms with Crippen LogP contribution in [0.3, 0.4) is 0 Å². The maximum Gasteiger partial charge on any atom is 0.303 e. The summed E-state index contributed by atoms with van der Waals surface area (Å²) in [4.78, 5) is 104. The highest BCUT2D eigenvalue weighted by Crippen LogP contribution is 2.41. The highest BCUT2D eigenvalue weighted by Gasteiger charge is 2.56. The molecule has 2 aliphatic heterocycles. The molecule has 356 valence electrons. The van der Waals surface area contributed by atoms with Crippen molar-refractivity contribution in [2.45, 2.75) is 101 Å². The van der Waals surface area contributed by atoms with Gasteiger partial charge in [-0.05, 0) is 24.3 Å². The number of rotatable bonds is 18. The summed E-state index contributed by atoms with van der Waals surface area (Å²) in [5.41, 5.74) is -3.00. The molecule has 2 amide bonds. The van der Waals surface area contributed by atoms with Gasteiger partial charge < -0.3 is 67.5 Å². The van der Waals surface area contributed by atoms with Crippen LogP contribution in [-0.2, 0) is 66.7 Å². The van der Waals surface area contributed by atoms with Crippen molar-refractivity contribution in [1.82, 2.24) is 10.6 Å². The number of carbonyl (C=O) groups is 8. The Balaban J connectivity index is 1.90. The van der Waals surface area contributed by atoms with Gasteiger partial charge in [0.1, 0.15) is 71.4 Å². The summed E-state index contributed by atoms with van der Waals surface area (Å²) in [6, 6.07) is 5.62. The van der Waals surface area contributed by atoms with Crippen molar-refractivity contribution in [1.29, 1.82) is 0 Å². The van der Waals surface area contributed by atoms with E-state index in [0.717, 1.165) is 41.5 Å². The maximum atomic E-state index is 14.1. The van der Waals surface area contributed by atoms with Gasteiger partial charge in [0.25, 0.3) is 11.8 Å². The SMILES string of the molecule is COc1cc(OC)cc(C(=O)N[C@@H]2[C@@H](OC(C)=O)[C@@H](S[C@H]3O[C@H](COC(C)=O)[C@H](OC(C)=O)[C@H](NC(=O)c4cc(OC)cc(OC)c4)[C@H]3OC(C)=O)O[C@H](COC(C)=O)[C@@H]2OC(C)=O)c1. The molecule has 0 spiro atoms. The third-order valence-corrected chi connectivity index (χ3v) is 10.8. The second-order valence-corrected chi connectivity index (χ2v) is 15.5. The van der Waals surface area contributed by atoms with Crippen molar-refractivity contribution < 1.29 is 95.2 Å². The third-order valence-electron chi connectivity index (χ3n) is 9.50. The minimum absolute atomic E-state index is 0.000757. The second-order valence-electron chi connectivity index (χ2n) is 14.3. The van der Waals surface area contributed by atoms with Gasteiger partial charge in [-0.2, -0.15) is 0 Å². The molecule has 0 saturated carbocycles. The van der Waals surface area contributed by atoms with E-state index in [9.17, 15) is 38.4 Å². The Bertz CT molecular complexity index is 1890. The van der Waals surface area contributed by atoms with Crippen LogP contribution in [0.2, 0.25) is 0 Å². The van der Waals surface area contributed by atoms with Gasteiger partial charge >= 0.3 is 35.8 Å². The Morgan fingerprint density at radius 3 is 1.02 bits per heavy atom. The van der Waals surface area contributed by atoms with E-state index in [0.29, 0.717) is 11.8 Å². The largest absolute Gasteiger partial charge is 0.497 e. The zero-order chi connectivity index (χ0) is 48.1. The molecule has 0 bridgehead atoms. The average Bonchev–Trinajstić information content (AvgIpc) is 3.24. The van der Waals surface area contributed by atoms with Gasteiger partial charge in [0.15, 0.2) is 24.4 Å². The lowest BCUT2D eigenvalue weighted by Crippen LogP contribution is -2.68. The number of thioether (sulfide) groups is 1. The van der Waals surface area contributed by atoms with Crippen molar-refractivity contribution in [2.24, 2.45) is 0 Å². The number of hydrogen-bond donors (Lipinski definition) is 2. The molecule has 2 fully saturated rings. The molecule has 2 aliphatic rings. The van der Waals surface area contributed by atoms with Crippen molar-refractivity contribution in [3.63, 3.8) is 0 Å². The van der Waals surface area contributed by atoms with Gasteiger partial charge in [-0.25, -0.2) is 0 Å². The van der Waals surface area contributed by atoms with Crippen LogP contribution >= 0.6 is 11.8 Å². The number of hydrogen-bond acceptors (Lipinski definition) is 21. The van der Waals surface area contributed by atoms with E-state index in [1.165, 1.54) is 64.8 Å². The molecule has 10 atom stereocenters. The molecular weight excluding hydrogens is 885 g/mol. The Morgan fingerprint density at radius 2 is 0.754 bits per heavy atom. The van der Waals surface area contributed by atoms with Gasteiger partial charge in [0.05, 0.1) is 28.4 Å². The number of nitrogens with one attached hydrogen (secondary N) is 2. The zero-order valence-electron chi connectivity index (χ0n) is 37.2. The highest BCUT2D eigenvalue weighted by molar-refractivity contribution is 8.00. The molecule has 0 aliphatic carbocycles. The predicted molar refractivity (Wildman–Crippen MR) is 222 cm³/mol. The molecule has 2 saturated heterocycles. The van der Waals surface area contributed by atoms with Crippen molar-refractivity contribution in [2.75, 3.05) is 41.7 Å². The summed E-state index contributed by atoms with van der Waals surface area (Å²) in [6.07, 6.45) is -8.97. The fourth-order valence-electron chi connectivity index (χ4n) is 6.85. The van der Waals surface area contributed by atoms with E-state index >= 15 is 0 Å². The van der Waals surface area contributed by atoms with Crippen LogP contribution in [0.5, 0.6) is 23.0 Å². The smallest absolute Gasteiger partial charge is 0.303 e. The van der Waals surface area contributed by atoms with E-state index < -0.39 is 120 Å². The third kappa shape index (κ3) is 14.3. The van der Waals surface area contributed by atoms with Gasteiger partial charge in [0.2, 0.25) is 0 Å². The van der Waals surface area contributed by atoms with Gasteiger partial charge in [-0.3, -0.25) is 38.4 Å². The van der Waals surface area contributed by atoms with Crippen LogP contribution in [0.4, 0.5) is 0 Å². The van der Waals surface area contributed by atoms with Crippen LogP contribution in [0.15, 0.2) is 36.4 Å². The number of carbonyl (C=O) groups excluding carboxylic acids is 8. The molecule has 22 nitrogen and oxygen atoms in total. The number of benzene rings is 2. The van der Waals surface area contributed by atoms with Crippen molar-refractivity contribution in [3.8, 4) is 23.0 Å². The summed E-state index contributed by atoms with van der Waals surface area (Å²) in [7, 11) is 5.49. The fourth-order valence-corrected chi connectivity index (χ4v) is 8.28. The number of ether oxygens (including phenoxy) is 12. The molecule has 2 aromatic rings. The molecule has 4 rings (SSSR count). The van der Waals surface area contributed by atoms with E-state index in [2.05, 4.69) is 10.6 Å². The summed E-state index contributed by atoms with van der Waals surface area (Å²) in [6.45, 7) is 5.38. The first kappa shape index (κ1) is 51.3. The molecule has 23 heteroatoms. The lowest BCUT2D eigenvalue weighted by Gasteiger charge is -2.49. The molecular formula is C42H52N2O20S. The minimum Gasteiger partial charge on any atom is -0.497 e. The van der Waals surface area contributed by atoms with Crippen LogP contribution in [0, 0.1) is 0 Å². The van der Waals surface area contributed by atoms with Gasteiger partial charge in [-0.15, -0.1) is 0 Å². The van der Waals surface area contributed by atoms with Crippen molar-refractivity contribution >= 4 is 59.4 Å². The lowest BCUT2D eigenvalue weighted by molar-refractivity contribution is -0.208. The zero-order valence-corrected chi connectivity index (χ0v) is 38.0. The fraction of sp³-hybridized carbons (Fsp3) is 0.524. The summed E-state index contributed by atoms with van der Waals surface area (Å²) in [5, 5.41) is 5.52. The summed E-state index contributed by atoms with van der Waals surface area (Å²) >= 11 is 0.694. The Morgan fingerprint density at radius 1 is 0.462 bits per heavy atom. The van der Waals surface area contributed by atoms with Gasteiger partial charge in [-0.1, -0.05) is 11.8 Å². The quantitative estimate of drug-likeness (QED) is 0.159. The molecule has 2 N–H and O–H groups in total. The minimum atomic E-state index is -1.59. The van der Waals surface area contributed by atoms with Crippen LogP contribution in [0.25, 0.3) is 0 Å². The standard InChI is InChI=1S/C42H52N2O20S/c1-19(45)57-17-31-35(59-21(3)47)33(43-39(51)25-11-27(53-7)15-28(12-25)54-8)37(61-23(5)49)41(63-31)65-42-38(62-24(6)50)34(36(60-22(4)48)32(64-42)18-58-20(2)46)44-40(52)26-13-29(55-9)16-30(14-26)56-10/h11-16,31-38,41-42H,17-18H2,1-10H3,(H,43,51)(H,44,52)/t31-,32-,33+,34+,35+,36+,37-,38-,41-,42-/m1/s1. The summed E-state index contributed by atoms with van der Waals surface area (Å²) in [5.74, 6) is -5.65. The average molecular weight is 937 g/mol. The Hall–Kier alpha value is -6.33. The number of methoxy groups -OCH3 is 4. The molecule has 0 unspecified atom stereocenters. The van der Waals surface area contributed by atoms with Gasteiger partial charge in [0, 0.05) is 64.8 Å². The molecule has 2 heterocycles. The topological polar surface area (TPSA) is 271 Å². The predicted octanol–water partition coefficient (Wildman–Crippen LogP) is 1.65. The monoisotopic (exact) mass is 936 g/mol. The van der Waals surface area contributed by atoms with E-state index in [-0.39, 0.29) is 34.1 Å². The maximum absolute atomic E-state index is 14.1. The molecule has 65 heavy (non-hydrogen) atoms. The Kier molecular flexibility index (Phi) is 18.6. The van der Waals surface area contributed by atoms with E-state index in [1.807, 2.05) is 0 Å². The highest BCUT2D eigenvalue weighted by atomic mass is 32.2. The van der Waals surface area contributed by atoms with E-state index in [4.69, 9.17) is 56.8 Å². The lowest BCUT2D eigenvalue weighted by atomic mass is 9.95. The Labute approximate surface area is 377 Å². The van der Waals surface area contributed by atoms with Crippen LogP contribution < -0.4 is 29.6 Å². The normalized spacial score (nSPS) is 24.7. The number of amides is 2. The van der Waals surface area contributed by atoms with Crippen LogP contribution in [0.1, 0.15) is 62.3 Å². The molecule has 2 aromatic carbocycles. The second kappa shape index (κ2) is 23.6. The first-order valence-corrected chi connectivity index (χ1v) is 20.7. The van der Waals surface area contributed by atoms with E-state index in [1.54, 1.807) is 0 Å². The first-order valence-electron chi connectivity index (χ1n) is 19.8. The van der Waals surface area contributed by atoms with Crippen molar-refractivity contribution in [3.05, 3.63) is 47.5 Å². The first-order chi connectivity index (χ1) is 30.8. The molecule has 0 aromatic heterocycles. The number of esters is 6. The van der Waals surface area contributed by atoms with Crippen LogP contribution in [-0.4, -0.2) is 149 Å².